The molecule has 0 saturated heterocycles. The molecule has 0 radical (unpaired) electrons. The van der Waals surface area contributed by atoms with E-state index in [1.807, 2.05) is 12.1 Å². The average molecular weight is 421 g/mol. The van der Waals surface area contributed by atoms with Crippen LogP contribution in [-0.4, -0.2) is 9.97 Å². The maximum absolute atomic E-state index is 4.82. The van der Waals surface area contributed by atoms with Gasteiger partial charge in [0, 0.05) is 11.1 Å². The molecule has 2 aromatic heterocycles. The Morgan fingerprint density at radius 1 is 0.433 bits per heavy atom. The first kappa shape index (κ1) is 17.5. The minimum Gasteiger partial charge on any atom is -0.236 e. The largest absolute Gasteiger partial charge is 0.236 e. The van der Waals surface area contributed by atoms with Crippen molar-refractivity contribution in [3.63, 3.8) is 0 Å². The van der Waals surface area contributed by atoms with E-state index >= 15 is 0 Å². The lowest BCUT2D eigenvalue weighted by molar-refractivity contribution is 1.47. The van der Waals surface area contributed by atoms with Crippen LogP contribution in [0.1, 0.15) is 0 Å². The molecule has 0 unspecified atom stereocenters. The van der Waals surface area contributed by atoms with Gasteiger partial charge < -0.3 is 0 Å². The van der Waals surface area contributed by atoms with Crippen LogP contribution in [0.3, 0.4) is 0 Å². The molecule has 6 rings (SSSR count). The molecule has 30 heavy (non-hydrogen) atoms. The molecule has 4 aromatic carbocycles. The maximum atomic E-state index is 4.82. The third-order valence-corrected chi connectivity index (χ3v) is 7.29. The van der Waals surface area contributed by atoms with Crippen molar-refractivity contribution in [1.82, 2.24) is 9.97 Å². The molecular formula is C26H16N2S2. The van der Waals surface area contributed by atoms with Gasteiger partial charge in [0.25, 0.3) is 0 Å². The number of benzene rings is 4. The standard InChI is InChI=1S/C26H16N2S2/c1-3-7-17(8-4-1)25-27-21-13-11-19(15-23(21)29-25)20-12-14-22-24(16-20)30-26(28-22)18-9-5-2-6-10-18/h1-16H. The highest BCUT2D eigenvalue weighted by Gasteiger charge is 2.10. The molecule has 0 amide bonds. The van der Waals surface area contributed by atoms with E-state index in [0.29, 0.717) is 0 Å². The molecule has 0 fully saturated rings. The van der Waals surface area contributed by atoms with Crippen molar-refractivity contribution in [3.8, 4) is 32.3 Å². The second kappa shape index (κ2) is 7.17. The third-order valence-electron chi connectivity index (χ3n) is 5.15. The van der Waals surface area contributed by atoms with Crippen molar-refractivity contribution in [2.45, 2.75) is 0 Å². The first-order chi connectivity index (χ1) is 14.8. The Morgan fingerprint density at radius 2 is 0.867 bits per heavy atom. The molecular weight excluding hydrogens is 404 g/mol. The fourth-order valence-electron chi connectivity index (χ4n) is 3.62. The number of fused-ring (bicyclic) bond motifs is 2. The van der Waals surface area contributed by atoms with Gasteiger partial charge in [-0.05, 0) is 35.4 Å². The van der Waals surface area contributed by atoms with Gasteiger partial charge in [0.05, 0.1) is 20.4 Å². The van der Waals surface area contributed by atoms with Crippen molar-refractivity contribution < 1.29 is 0 Å². The van der Waals surface area contributed by atoms with Gasteiger partial charge >= 0.3 is 0 Å². The molecule has 0 saturated carbocycles. The molecule has 0 atom stereocenters. The van der Waals surface area contributed by atoms with Crippen LogP contribution in [0.4, 0.5) is 0 Å². The van der Waals surface area contributed by atoms with Gasteiger partial charge in [-0.25, -0.2) is 9.97 Å². The van der Waals surface area contributed by atoms with Gasteiger partial charge in [0.1, 0.15) is 10.0 Å². The number of hydrogen-bond donors (Lipinski definition) is 0. The van der Waals surface area contributed by atoms with Crippen LogP contribution in [0.2, 0.25) is 0 Å². The molecule has 0 spiro atoms. The van der Waals surface area contributed by atoms with Crippen LogP contribution in [0, 0.1) is 0 Å². The van der Waals surface area contributed by atoms with E-state index in [9.17, 15) is 0 Å². The summed E-state index contributed by atoms with van der Waals surface area (Å²) in [5.74, 6) is 0. The van der Waals surface area contributed by atoms with E-state index in [0.717, 1.165) is 21.0 Å². The van der Waals surface area contributed by atoms with Crippen LogP contribution >= 0.6 is 22.7 Å². The molecule has 0 aliphatic heterocycles. The van der Waals surface area contributed by atoms with Crippen molar-refractivity contribution >= 4 is 43.1 Å². The molecule has 0 N–H and O–H groups in total. The van der Waals surface area contributed by atoms with Crippen LogP contribution in [0.5, 0.6) is 0 Å². The summed E-state index contributed by atoms with van der Waals surface area (Å²) < 4.78 is 2.42. The lowest BCUT2D eigenvalue weighted by Gasteiger charge is -2.01. The summed E-state index contributed by atoms with van der Waals surface area (Å²) in [7, 11) is 0. The fraction of sp³-hybridized carbons (Fsp3) is 0. The monoisotopic (exact) mass is 420 g/mol. The number of aromatic nitrogens is 2. The highest BCUT2D eigenvalue weighted by molar-refractivity contribution is 7.22. The Hall–Kier alpha value is -3.34. The quantitative estimate of drug-likeness (QED) is 0.291. The van der Waals surface area contributed by atoms with Crippen molar-refractivity contribution in [3.05, 3.63) is 97.1 Å². The summed E-state index contributed by atoms with van der Waals surface area (Å²) in [5.41, 5.74) is 6.85. The number of rotatable bonds is 3. The molecule has 142 valence electrons. The fourth-order valence-corrected chi connectivity index (χ4v) is 5.64. The minimum atomic E-state index is 1.05. The Morgan fingerprint density at radius 3 is 1.30 bits per heavy atom. The van der Waals surface area contributed by atoms with Crippen molar-refractivity contribution in [2.24, 2.45) is 0 Å². The zero-order chi connectivity index (χ0) is 19.9. The first-order valence-corrected chi connectivity index (χ1v) is 11.4. The lowest BCUT2D eigenvalue weighted by atomic mass is 10.1. The molecule has 2 nitrogen and oxygen atoms in total. The molecule has 2 heterocycles. The highest BCUT2D eigenvalue weighted by atomic mass is 32.1. The average Bonchev–Trinajstić information content (AvgIpc) is 3.43. The molecule has 0 aliphatic carbocycles. The maximum Gasteiger partial charge on any atom is 0.124 e. The SMILES string of the molecule is c1ccc(-c2nc3ccc(-c4ccc5nc(-c6ccccc6)sc5c4)cc3s2)cc1. The van der Waals surface area contributed by atoms with Gasteiger partial charge in [-0.3, -0.25) is 0 Å². The van der Waals surface area contributed by atoms with Crippen LogP contribution in [0.25, 0.3) is 52.7 Å². The predicted octanol–water partition coefficient (Wildman–Crippen LogP) is 7.91. The molecule has 4 heteroatoms. The van der Waals surface area contributed by atoms with Gasteiger partial charge in [-0.2, -0.15) is 0 Å². The second-order valence-corrected chi connectivity index (χ2v) is 9.20. The van der Waals surface area contributed by atoms with Gasteiger partial charge in [-0.15, -0.1) is 22.7 Å². The molecule has 6 aromatic rings. The van der Waals surface area contributed by atoms with E-state index < -0.39 is 0 Å². The summed E-state index contributed by atoms with van der Waals surface area (Å²) >= 11 is 3.49. The van der Waals surface area contributed by atoms with E-state index in [1.165, 1.54) is 31.7 Å². The highest BCUT2D eigenvalue weighted by Crippen LogP contribution is 2.36. The van der Waals surface area contributed by atoms with Gasteiger partial charge in [0.15, 0.2) is 0 Å². The lowest BCUT2D eigenvalue weighted by Crippen LogP contribution is -1.78. The molecule has 0 bridgehead atoms. The summed E-state index contributed by atoms with van der Waals surface area (Å²) in [6, 6.07) is 33.8. The Balaban J connectivity index is 1.40. The summed E-state index contributed by atoms with van der Waals surface area (Å²) in [5, 5.41) is 2.13. The first-order valence-electron chi connectivity index (χ1n) is 9.76. The number of hydrogen-bond acceptors (Lipinski definition) is 4. The van der Waals surface area contributed by atoms with E-state index in [4.69, 9.17) is 9.97 Å². The van der Waals surface area contributed by atoms with E-state index in [1.54, 1.807) is 22.7 Å². The van der Waals surface area contributed by atoms with E-state index in [2.05, 4.69) is 84.9 Å². The van der Waals surface area contributed by atoms with Crippen LogP contribution in [-0.2, 0) is 0 Å². The summed E-state index contributed by atoms with van der Waals surface area (Å²) in [6.45, 7) is 0. The summed E-state index contributed by atoms with van der Waals surface area (Å²) in [6.07, 6.45) is 0. The number of nitrogens with zero attached hydrogens (tertiary/aromatic N) is 2. The third kappa shape index (κ3) is 3.11. The zero-order valence-corrected chi connectivity index (χ0v) is 17.6. The van der Waals surface area contributed by atoms with Gasteiger partial charge in [0.2, 0.25) is 0 Å². The normalized spacial score (nSPS) is 11.3. The topological polar surface area (TPSA) is 25.8 Å². The van der Waals surface area contributed by atoms with Gasteiger partial charge in [-0.1, -0.05) is 72.8 Å². The Bertz CT molecular complexity index is 1370. The Labute approximate surface area is 182 Å². The van der Waals surface area contributed by atoms with E-state index in [-0.39, 0.29) is 0 Å². The van der Waals surface area contributed by atoms with Crippen molar-refractivity contribution in [1.29, 1.82) is 0 Å². The van der Waals surface area contributed by atoms with Crippen molar-refractivity contribution in [2.75, 3.05) is 0 Å². The minimum absolute atomic E-state index is 1.05. The number of thiazole rings is 2. The second-order valence-electron chi connectivity index (χ2n) is 7.14. The smallest absolute Gasteiger partial charge is 0.124 e. The summed E-state index contributed by atoms with van der Waals surface area (Å²) in [4.78, 5) is 9.63. The Kier molecular flexibility index (Phi) is 4.18. The molecule has 0 aliphatic rings. The van der Waals surface area contributed by atoms with Crippen LogP contribution in [0.15, 0.2) is 97.1 Å². The predicted molar refractivity (Wildman–Crippen MR) is 129 cm³/mol. The zero-order valence-electron chi connectivity index (χ0n) is 15.9. The van der Waals surface area contributed by atoms with Crippen LogP contribution < -0.4 is 0 Å².